The van der Waals surface area contributed by atoms with Crippen molar-refractivity contribution < 1.29 is 0 Å². The Morgan fingerprint density at radius 1 is 1.25 bits per heavy atom. The molecule has 0 amide bonds. The van der Waals surface area contributed by atoms with Crippen LogP contribution in [-0.4, -0.2) is 17.3 Å². The van der Waals surface area contributed by atoms with E-state index in [1.54, 1.807) is 0 Å². The van der Waals surface area contributed by atoms with Crippen LogP contribution in [0.2, 0.25) is 0 Å². The van der Waals surface area contributed by atoms with Crippen molar-refractivity contribution >= 4 is 23.1 Å². The predicted octanol–water partition coefficient (Wildman–Crippen LogP) is 3.53. The number of hydrogen-bond donors (Lipinski definition) is 1. The van der Waals surface area contributed by atoms with Gasteiger partial charge < -0.3 is 5.32 Å². The van der Waals surface area contributed by atoms with Gasteiger partial charge in [-0.15, -0.1) is 11.3 Å². The van der Waals surface area contributed by atoms with Gasteiger partial charge in [0.1, 0.15) is 5.01 Å². The standard InChI is InChI=1S/C12H18N2S2/c1-2-6-13-9(4-1)10-8-16-12(14-10)11-5-3-7-15-11/h8-9,11,13H,1-7H2. The van der Waals surface area contributed by atoms with Crippen molar-refractivity contribution in [2.45, 2.75) is 43.4 Å². The second kappa shape index (κ2) is 5.07. The van der Waals surface area contributed by atoms with E-state index >= 15 is 0 Å². The predicted molar refractivity (Wildman–Crippen MR) is 71.1 cm³/mol. The molecule has 88 valence electrons. The van der Waals surface area contributed by atoms with Crippen LogP contribution in [-0.2, 0) is 0 Å². The molecule has 2 saturated heterocycles. The molecule has 0 spiro atoms. The van der Waals surface area contributed by atoms with Crippen molar-refractivity contribution in [2.24, 2.45) is 0 Å². The Labute approximate surface area is 105 Å². The zero-order chi connectivity index (χ0) is 10.8. The highest BCUT2D eigenvalue weighted by molar-refractivity contribution is 7.99. The van der Waals surface area contributed by atoms with Gasteiger partial charge >= 0.3 is 0 Å². The van der Waals surface area contributed by atoms with Crippen LogP contribution in [0.25, 0.3) is 0 Å². The largest absolute Gasteiger partial charge is 0.309 e. The molecule has 2 aliphatic heterocycles. The Morgan fingerprint density at radius 2 is 2.25 bits per heavy atom. The second-order valence-corrected chi connectivity index (χ2v) is 6.82. The van der Waals surface area contributed by atoms with Gasteiger partial charge in [0.25, 0.3) is 0 Å². The third-order valence-electron chi connectivity index (χ3n) is 3.41. The second-order valence-electron chi connectivity index (χ2n) is 4.61. The molecule has 3 heterocycles. The summed E-state index contributed by atoms with van der Waals surface area (Å²) in [7, 11) is 0. The molecule has 0 aromatic carbocycles. The SMILES string of the molecule is c1sc(C2CCCS2)nc1C1CCCCN1. The molecular formula is C12H18N2S2. The zero-order valence-corrected chi connectivity index (χ0v) is 11.1. The summed E-state index contributed by atoms with van der Waals surface area (Å²) in [4.78, 5) is 4.85. The first-order valence-corrected chi connectivity index (χ1v) is 8.16. The minimum absolute atomic E-state index is 0.533. The number of hydrogen-bond acceptors (Lipinski definition) is 4. The Kier molecular flexibility index (Phi) is 3.50. The lowest BCUT2D eigenvalue weighted by molar-refractivity contribution is 0.406. The lowest BCUT2D eigenvalue weighted by atomic mass is 10.0. The molecule has 2 unspecified atom stereocenters. The molecule has 1 N–H and O–H groups in total. The molecule has 1 aromatic rings. The van der Waals surface area contributed by atoms with E-state index in [2.05, 4.69) is 22.5 Å². The fourth-order valence-electron chi connectivity index (χ4n) is 2.49. The zero-order valence-electron chi connectivity index (χ0n) is 9.45. The van der Waals surface area contributed by atoms with Crippen LogP contribution in [0.3, 0.4) is 0 Å². The van der Waals surface area contributed by atoms with Crippen molar-refractivity contribution in [3.05, 3.63) is 16.1 Å². The molecule has 2 atom stereocenters. The number of piperidine rings is 1. The molecule has 16 heavy (non-hydrogen) atoms. The molecule has 2 aliphatic rings. The highest BCUT2D eigenvalue weighted by atomic mass is 32.2. The smallest absolute Gasteiger partial charge is 0.106 e. The third kappa shape index (κ3) is 2.29. The first-order chi connectivity index (χ1) is 7.93. The van der Waals surface area contributed by atoms with Crippen LogP contribution in [0.15, 0.2) is 5.38 Å². The average molecular weight is 254 g/mol. The van der Waals surface area contributed by atoms with Gasteiger partial charge in [-0.3, -0.25) is 0 Å². The van der Waals surface area contributed by atoms with Gasteiger partial charge in [0, 0.05) is 5.38 Å². The molecule has 2 nitrogen and oxygen atoms in total. The summed E-state index contributed by atoms with van der Waals surface area (Å²) in [5, 5.41) is 7.91. The normalized spacial score (nSPS) is 30.8. The number of nitrogens with zero attached hydrogens (tertiary/aromatic N) is 1. The van der Waals surface area contributed by atoms with Crippen molar-refractivity contribution in [3.8, 4) is 0 Å². The van der Waals surface area contributed by atoms with Gasteiger partial charge in [0.2, 0.25) is 0 Å². The first kappa shape index (κ1) is 11.1. The Morgan fingerprint density at radius 3 is 3.00 bits per heavy atom. The van der Waals surface area contributed by atoms with Gasteiger partial charge in [-0.05, 0) is 38.0 Å². The molecule has 1 aromatic heterocycles. The van der Waals surface area contributed by atoms with E-state index in [1.807, 2.05) is 11.3 Å². The van der Waals surface area contributed by atoms with Crippen LogP contribution >= 0.6 is 23.1 Å². The van der Waals surface area contributed by atoms with Gasteiger partial charge in [-0.25, -0.2) is 4.98 Å². The third-order valence-corrected chi connectivity index (χ3v) is 5.92. The summed E-state index contributed by atoms with van der Waals surface area (Å²) in [5.41, 5.74) is 1.30. The minimum atomic E-state index is 0.533. The molecule has 0 radical (unpaired) electrons. The summed E-state index contributed by atoms with van der Waals surface area (Å²) in [6.45, 7) is 1.16. The van der Waals surface area contributed by atoms with Crippen LogP contribution in [0.1, 0.15) is 54.1 Å². The van der Waals surface area contributed by atoms with Crippen molar-refractivity contribution in [2.75, 3.05) is 12.3 Å². The van der Waals surface area contributed by atoms with E-state index in [4.69, 9.17) is 4.98 Å². The summed E-state index contributed by atoms with van der Waals surface area (Å²) in [6.07, 6.45) is 6.64. The lowest BCUT2D eigenvalue weighted by Crippen LogP contribution is -2.26. The molecule has 0 aliphatic carbocycles. The minimum Gasteiger partial charge on any atom is -0.309 e. The van der Waals surface area contributed by atoms with Gasteiger partial charge in [-0.1, -0.05) is 6.42 Å². The molecular weight excluding hydrogens is 236 g/mol. The van der Waals surface area contributed by atoms with Crippen molar-refractivity contribution in [1.29, 1.82) is 0 Å². The van der Waals surface area contributed by atoms with Gasteiger partial charge in [-0.2, -0.15) is 11.8 Å². The molecule has 4 heteroatoms. The first-order valence-electron chi connectivity index (χ1n) is 6.24. The molecule has 3 rings (SSSR count). The average Bonchev–Trinajstić information content (AvgIpc) is 3.01. The van der Waals surface area contributed by atoms with Crippen molar-refractivity contribution in [1.82, 2.24) is 10.3 Å². The highest BCUT2D eigenvalue weighted by Gasteiger charge is 2.23. The van der Waals surface area contributed by atoms with E-state index in [0.29, 0.717) is 11.3 Å². The highest BCUT2D eigenvalue weighted by Crippen LogP contribution is 2.41. The number of nitrogens with one attached hydrogen (secondary N) is 1. The van der Waals surface area contributed by atoms with Crippen LogP contribution in [0.5, 0.6) is 0 Å². The summed E-state index contributed by atoms with van der Waals surface area (Å²) in [5.74, 6) is 1.32. The molecule has 0 saturated carbocycles. The topological polar surface area (TPSA) is 24.9 Å². The molecule has 2 fully saturated rings. The summed E-state index contributed by atoms with van der Waals surface area (Å²) < 4.78 is 0. The van der Waals surface area contributed by atoms with E-state index in [0.717, 1.165) is 6.54 Å². The van der Waals surface area contributed by atoms with Crippen LogP contribution in [0, 0.1) is 0 Å². The molecule has 0 bridgehead atoms. The number of aromatic nitrogens is 1. The maximum Gasteiger partial charge on any atom is 0.106 e. The van der Waals surface area contributed by atoms with Crippen LogP contribution in [0.4, 0.5) is 0 Å². The summed E-state index contributed by atoms with van der Waals surface area (Å²) in [6, 6.07) is 0.533. The Bertz CT molecular complexity index is 339. The van der Waals surface area contributed by atoms with Gasteiger partial charge in [0.05, 0.1) is 17.0 Å². The Hall–Kier alpha value is -0.0600. The monoisotopic (exact) mass is 254 g/mol. The van der Waals surface area contributed by atoms with E-state index in [-0.39, 0.29) is 0 Å². The number of thioether (sulfide) groups is 1. The van der Waals surface area contributed by atoms with E-state index in [9.17, 15) is 0 Å². The number of thiazole rings is 1. The van der Waals surface area contributed by atoms with Crippen LogP contribution < -0.4 is 5.32 Å². The lowest BCUT2D eigenvalue weighted by Gasteiger charge is -2.21. The Balaban J connectivity index is 1.71. The van der Waals surface area contributed by atoms with E-state index < -0.39 is 0 Å². The summed E-state index contributed by atoms with van der Waals surface area (Å²) >= 11 is 3.95. The van der Waals surface area contributed by atoms with Gasteiger partial charge in [0.15, 0.2) is 0 Å². The fourth-order valence-corrected chi connectivity index (χ4v) is 4.89. The maximum absolute atomic E-state index is 4.85. The number of rotatable bonds is 2. The maximum atomic E-state index is 4.85. The quantitative estimate of drug-likeness (QED) is 0.874. The van der Waals surface area contributed by atoms with E-state index in [1.165, 1.54) is 48.6 Å². The van der Waals surface area contributed by atoms with Crippen molar-refractivity contribution in [3.63, 3.8) is 0 Å². The fraction of sp³-hybridized carbons (Fsp3) is 0.750.